The van der Waals surface area contributed by atoms with E-state index in [1.165, 1.54) is 38.9 Å². The van der Waals surface area contributed by atoms with Crippen LogP contribution in [0.1, 0.15) is 40.0 Å². The van der Waals surface area contributed by atoms with Crippen molar-refractivity contribution in [3.8, 4) is 0 Å². The molecular weight excluding hydrogens is 228 g/mol. The van der Waals surface area contributed by atoms with E-state index in [0.717, 1.165) is 11.2 Å². The second-order valence-electron chi connectivity index (χ2n) is 6.23. The van der Waals surface area contributed by atoms with Crippen LogP contribution in [0.25, 0.3) is 0 Å². The summed E-state index contributed by atoms with van der Waals surface area (Å²) in [6, 6.07) is 0.705. The van der Waals surface area contributed by atoms with E-state index in [1.54, 1.807) is 0 Å². The van der Waals surface area contributed by atoms with Gasteiger partial charge in [0.05, 0.1) is 0 Å². The Morgan fingerprint density at radius 3 is 2.76 bits per heavy atom. The molecule has 2 rings (SSSR count). The monoisotopic (exact) mass is 256 g/mol. The minimum atomic E-state index is 0.398. The summed E-state index contributed by atoms with van der Waals surface area (Å²) in [4.78, 5) is 2.71. The van der Waals surface area contributed by atoms with Gasteiger partial charge in [0, 0.05) is 29.9 Å². The molecule has 0 bridgehead atoms. The molecule has 3 atom stereocenters. The lowest BCUT2D eigenvalue weighted by Gasteiger charge is -2.46. The number of thioether (sulfide) groups is 1. The third-order valence-corrected chi connectivity index (χ3v) is 5.70. The van der Waals surface area contributed by atoms with Gasteiger partial charge < -0.3 is 5.32 Å². The molecule has 1 aliphatic carbocycles. The third-order valence-electron chi connectivity index (χ3n) is 4.66. The minimum Gasteiger partial charge on any atom is -0.308 e. The van der Waals surface area contributed by atoms with Crippen LogP contribution in [0, 0.1) is 5.92 Å². The summed E-state index contributed by atoms with van der Waals surface area (Å²) in [5, 5.41) is 4.59. The first-order chi connectivity index (χ1) is 8.05. The molecule has 1 saturated carbocycles. The van der Waals surface area contributed by atoms with Crippen LogP contribution in [0.15, 0.2) is 0 Å². The number of hydrogen-bond donors (Lipinski definition) is 1. The van der Waals surface area contributed by atoms with Crippen molar-refractivity contribution >= 4 is 11.8 Å². The average Bonchev–Trinajstić information content (AvgIpc) is 3.14. The van der Waals surface area contributed by atoms with Crippen molar-refractivity contribution in [2.24, 2.45) is 5.92 Å². The maximum Gasteiger partial charge on any atom is 0.0309 e. The molecule has 2 nitrogen and oxygen atoms in total. The maximum atomic E-state index is 3.79. The van der Waals surface area contributed by atoms with Crippen molar-refractivity contribution in [1.82, 2.24) is 10.2 Å². The zero-order valence-corrected chi connectivity index (χ0v) is 12.6. The highest BCUT2D eigenvalue weighted by molar-refractivity contribution is 7.99. The highest BCUT2D eigenvalue weighted by atomic mass is 32.2. The lowest BCUT2D eigenvalue weighted by Crippen LogP contribution is -2.63. The molecule has 0 radical (unpaired) electrons. The molecule has 2 aliphatic rings. The molecule has 1 saturated heterocycles. The normalized spacial score (nSPS) is 37.1. The van der Waals surface area contributed by atoms with E-state index in [1.807, 2.05) is 11.8 Å². The first-order valence-electron chi connectivity index (χ1n) is 7.07. The van der Waals surface area contributed by atoms with Gasteiger partial charge in [-0.1, -0.05) is 6.92 Å². The lowest BCUT2D eigenvalue weighted by atomic mass is 9.91. The third kappa shape index (κ3) is 3.39. The van der Waals surface area contributed by atoms with Crippen LogP contribution < -0.4 is 5.32 Å². The van der Waals surface area contributed by atoms with Crippen LogP contribution in [0.3, 0.4) is 0 Å². The van der Waals surface area contributed by atoms with Crippen LogP contribution >= 0.6 is 11.8 Å². The predicted molar refractivity (Wildman–Crippen MR) is 77.8 cm³/mol. The second kappa shape index (κ2) is 5.50. The molecule has 1 aliphatic heterocycles. The maximum absolute atomic E-state index is 3.79. The molecule has 1 heterocycles. The molecule has 2 fully saturated rings. The quantitative estimate of drug-likeness (QED) is 0.814. The van der Waals surface area contributed by atoms with Crippen LogP contribution in [-0.4, -0.2) is 47.6 Å². The Labute approximate surface area is 111 Å². The van der Waals surface area contributed by atoms with E-state index >= 15 is 0 Å². The minimum absolute atomic E-state index is 0.398. The van der Waals surface area contributed by atoms with Crippen LogP contribution in [0.4, 0.5) is 0 Å². The van der Waals surface area contributed by atoms with E-state index in [2.05, 4.69) is 37.2 Å². The molecule has 0 aromatic carbocycles. The smallest absolute Gasteiger partial charge is 0.0309 e. The van der Waals surface area contributed by atoms with Crippen LogP contribution in [0.2, 0.25) is 0 Å². The van der Waals surface area contributed by atoms with Gasteiger partial charge in [-0.25, -0.2) is 0 Å². The first-order valence-corrected chi connectivity index (χ1v) is 8.36. The average molecular weight is 256 g/mol. The summed E-state index contributed by atoms with van der Waals surface area (Å²) in [5.41, 5.74) is 0.398. The molecule has 0 aromatic rings. The van der Waals surface area contributed by atoms with E-state index in [0.29, 0.717) is 11.6 Å². The number of nitrogens with zero attached hydrogens (tertiary/aromatic N) is 1. The Kier molecular flexibility index (Phi) is 4.43. The topological polar surface area (TPSA) is 15.3 Å². The summed E-state index contributed by atoms with van der Waals surface area (Å²) in [7, 11) is 0. The summed E-state index contributed by atoms with van der Waals surface area (Å²) in [6.45, 7) is 10.8. The lowest BCUT2D eigenvalue weighted by molar-refractivity contribution is 0.0825. The van der Waals surface area contributed by atoms with Gasteiger partial charge in [0.2, 0.25) is 0 Å². The van der Waals surface area contributed by atoms with Crippen molar-refractivity contribution in [2.45, 2.75) is 56.9 Å². The van der Waals surface area contributed by atoms with Crippen molar-refractivity contribution < 1.29 is 0 Å². The zero-order chi connectivity index (χ0) is 12.5. The number of nitrogens with one attached hydrogen (secondary N) is 1. The Balaban J connectivity index is 1.86. The van der Waals surface area contributed by atoms with Gasteiger partial charge in [-0.15, -0.1) is 0 Å². The highest BCUT2D eigenvalue weighted by Crippen LogP contribution is 2.41. The molecular formula is C14H28N2S. The van der Waals surface area contributed by atoms with E-state index in [4.69, 9.17) is 0 Å². The van der Waals surface area contributed by atoms with Gasteiger partial charge in [0.1, 0.15) is 0 Å². The SMILES string of the molecule is CSC(C)CCN1CC(C)(C2CC2)NCC1C. The fourth-order valence-corrected chi connectivity index (χ4v) is 3.24. The van der Waals surface area contributed by atoms with E-state index in [9.17, 15) is 0 Å². The number of hydrogen-bond acceptors (Lipinski definition) is 3. The summed E-state index contributed by atoms with van der Waals surface area (Å²) >= 11 is 1.99. The standard InChI is InChI=1S/C14H28N2S/c1-11-9-15-14(3,13-5-6-13)10-16(11)8-7-12(2)17-4/h11-13,15H,5-10H2,1-4H3. The molecule has 0 aromatic heterocycles. The highest BCUT2D eigenvalue weighted by Gasteiger charge is 2.45. The van der Waals surface area contributed by atoms with Gasteiger partial charge in [0.25, 0.3) is 0 Å². The summed E-state index contributed by atoms with van der Waals surface area (Å²) < 4.78 is 0. The number of rotatable bonds is 5. The van der Waals surface area contributed by atoms with Crippen LogP contribution in [0.5, 0.6) is 0 Å². The van der Waals surface area contributed by atoms with Gasteiger partial charge in [-0.05, 0) is 51.8 Å². The summed E-state index contributed by atoms with van der Waals surface area (Å²) in [5.74, 6) is 0.940. The van der Waals surface area contributed by atoms with Crippen molar-refractivity contribution in [1.29, 1.82) is 0 Å². The molecule has 3 heteroatoms. The molecule has 0 amide bonds. The Morgan fingerprint density at radius 1 is 1.47 bits per heavy atom. The van der Waals surface area contributed by atoms with Gasteiger partial charge in [-0.2, -0.15) is 11.8 Å². The fourth-order valence-electron chi connectivity index (χ4n) is 2.90. The van der Waals surface area contributed by atoms with Crippen molar-refractivity contribution in [3.05, 3.63) is 0 Å². The summed E-state index contributed by atoms with van der Waals surface area (Å²) in [6.07, 6.45) is 6.42. The molecule has 17 heavy (non-hydrogen) atoms. The Hall–Kier alpha value is 0.270. The van der Waals surface area contributed by atoms with E-state index < -0.39 is 0 Å². The molecule has 0 spiro atoms. The fraction of sp³-hybridized carbons (Fsp3) is 1.00. The molecule has 3 unspecified atom stereocenters. The largest absolute Gasteiger partial charge is 0.308 e. The van der Waals surface area contributed by atoms with Crippen molar-refractivity contribution in [3.63, 3.8) is 0 Å². The molecule has 100 valence electrons. The van der Waals surface area contributed by atoms with Gasteiger partial charge in [0.15, 0.2) is 0 Å². The van der Waals surface area contributed by atoms with Gasteiger partial charge in [-0.3, -0.25) is 4.90 Å². The first kappa shape index (κ1) is 13.7. The Bertz CT molecular complexity index is 255. The zero-order valence-electron chi connectivity index (χ0n) is 11.8. The van der Waals surface area contributed by atoms with E-state index in [-0.39, 0.29) is 0 Å². The predicted octanol–water partition coefficient (Wildman–Crippen LogP) is 2.59. The Morgan fingerprint density at radius 2 is 2.18 bits per heavy atom. The van der Waals surface area contributed by atoms with Gasteiger partial charge >= 0.3 is 0 Å². The van der Waals surface area contributed by atoms with Crippen molar-refractivity contribution in [2.75, 3.05) is 25.9 Å². The second-order valence-corrected chi connectivity index (χ2v) is 7.50. The van der Waals surface area contributed by atoms with Crippen LogP contribution in [-0.2, 0) is 0 Å². The number of piperazine rings is 1. The molecule has 1 N–H and O–H groups in total.